The average molecular weight is 291 g/mol. The molecule has 2 N–H and O–H groups in total. The van der Waals surface area contributed by atoms with Crippen LogP contribution < -0.4 is 5.32 Å². The van der Waals surface area contributed by atoms with Crippen molar-refractivity contribution < 1.29 is 19.4 Å². The van der Waals surface area contributed by atoms with Gasteiger partial charge < -0.3 is 15.2 Å². The Labute approximate surface area is 124 Å². The molecule has 0 spiro atoms. The van der Waals surface area contributed by atoms with E-state index in [0.717, 1.165) is 37.8 Å². The fourth-order valence-corrected chi connectivity index (χ4v) is 2.68. The lowest BCUT2D eigenvalue weighted by atomic mass is 9.86. The van der Waals surface area contributed by atoms with Crippen molar-refractivity contribution >= 4 is 11.9 Å². The third-order valence-electron chi connectivity index (χ3n) is 4.05. The minimum absolute atomic E-state index is 0.178. The summed E-state index contributed by atoms with van der Waals surface area (Å²) in [6, 6.07) is 7.69. The van der Waals surface area contributed by atoms with Crippen molar-refractivity contribution in [1.82, 2.24) is 5.32 Å². The minimum Gasteiger partial charge on any atom is -0.481 e. The van der Waals surface area contributed by atoms with E-state index in [1.807, 2.05) is 12.1 Å². The van der Waals surface area contributed by atoms with Crippen molar-refractivity contribution in [1.29, 1.82) is 0 Å². The monoisotopic (exact) mass is 291 g/mol. The molecular weight excluding hydrogens is 270 g/mol. The summed E-state index contributed by atoms with van der Waals surface area (Å²) in [4.78, 5) is 22.2. The van der Waals surface area contributed by atoms with E-state index in [0.29, 0.717) is 11.6 Å². The van der Waals surface area contributed by atoms with E-state index in [4.69, 9.17) is 5.11 Å². The zero-order valence-corrected chi connectivity index (χ0v) is 12.2. The predicted molar refractivity (Wildman–Crippen MR) is 78.0 cm³/mol. The van der Waals surface area contributed by atoms with Crippen LogP contribution in [0.15, 0.2) is 24.3 Å². The standard InChI is InChI=1S/C16H21NO4/c1-21-16(20)13-4-2-11(3-5-13)10-17-14-8-6-12(7-9-14)15(18)19/h2-5,12,14,17H,6-10H2,1H3,(H,18,19). The van der Waals surface area contributed by atoms with Gasteiger partial charge in [0.1, 0.15) is 0 Å². The quantitative estimate of drug-likeness (QED) is 0.813. The number of carbonyl (C=O) groups excluding carboxylic acids is 1. The summed E-state index contributed by atoms with van der Waals surface area (Å²) in [5, 5.41) is 12.4. The lowest BCUT2D eigenvalue weighted by Crippen LogP contribution is -2.34. The number of hydrogen-bond acceptors (Lipinski definition) is 4. The molecule has 0 radical (unpaired) electrons. The molecule has 0 aromatic heterocycles. The highest BCUT2D eigenvalue weighted by molar-refractivity contribution is 5.89. The van der Waals surface area contributed by atoms with Gasteiger partial charge in [0, 0.05) is 12.6 Å². The normalized spacial score (nSPS) is 21.8. The Morgan fingerprint density at radius 2 is 1.81 bits per heavy atom. The first-order valence-electron chi connectivity index (χ1n) is 7.23. The van der Waals surface area contributed by atoms with Crippen molar-refractivity contribution in [2.75, 3.05) is 7.11 Å². The van der Waals surface area contributed by atoms with E-state index in [1.54, 1.807) is 12.1 Å². The maximum Gasteiger partial charge on any atom is 0.337 e. The number of esters is 1. The molecule has 0 unspecified atom stereocenters. The van der Waals surface area contributed by atoms with E-state index in [1.165, 1.54) is 7.11 Å². The van der Waals surface area contributed by atoms with Crippen molar-refractivity contribution in [2.45, 2.75) is 38.3 Å². The van der Waals surface area contributed by atoms with Gasteiger partial charge in [-0.3, -0.25) is 4.79 Å². The van der Waals surface area contributed by atoms with Crippen LogP contribution in [0.5, 0.6) is 0 Å². The molecule has 1 aliphatic rings. The lowest BCUT2D eigenvalue weighted by Gasteiger charge is -2.27. The van der Waals surface area contributed by atoms with Crippen LogP contribution in [0.2, 0.25) is 0 Å². The van der Waals surface area contributed by atoms with Crippen LogP contribution in [-0.4, -0.2) is 30.2 Å². The summed E-state index contributed by atoms with van der Waals surface area (Å²) < 4.78 is 4.66. The fraction of sp³-hybridized carbons (Fsp3) is 0.500. The Morgan fingerprint density at radius 3 is 2.33 bits per heavy atom. The topological polar surface area (TPSA) is 75.6 Å². The number of rotatable bonds is 5. The predicted octanol–water partition coefficient (Wildman–Crippen LogP) is 2.21. The summed E-state index contributed by atoms with van der Waals surface area (Å²) in [6.45, 7) is 0.726. The summed E-state index contributed by atoms with van der Waals surface area (Å²) in [5.74, 6) is -1.18. The van der Waals surface area contributed by atoms with Crippen LogP contribution in [0, 0.1) is 5.92 Å². The van der Waals surface area contributed by atoms with Gasteiger partial charge in [0.25, 0.3) is 0 Å². The van der Waals surface area contributed by atoms with Crippen molar-refractivity contribution in [3.05, 3.63) is 35.4 Å². The molecule has 0 amide bonds. The summed E-state index contributed by atoms with van der Waals surface area (Å²) in [6.07, 6.45) is 3.29. The molecule has 2 rings (SSSR count). The molecule has 0 heterocycles. The van der Waals surface area contributed by atoms with Crippen LogP contribution >= 0.6 is 0 Å². The molecule has 5 heteroatoms. The largest absolute Gasteiger partial charge is 0.481 e. The number of benzene rings is 1. The Morgan fingerprint density at radius 1 is 1.19 bits per heavy atom. The molecule has 0 aliphatic heterocycles. The number of carboxylic acids is 1. The fourth-order valence-electron chi connectivity index (χ4n) is 2.68. The average Bonchev–Trinajstić information content (AvgIpc) is 2.53. The summed E-state index contributed by atoms with van der Waals surface area (Å²) in [7, 11) is 1.37. The van der Waals surface area contributed by atoms with Crippen molar-refractivity contribution in [3.8, 4) is 0 Å². The van der Waals surface area contributed by atoms with Gasteiger partial charge in [-0.05, 0) is 43.4 Å². The van der Waals surface area contributed by atoms with E-state index in [-0.39, 0.29) is 11.9 Å². The molecule has 1 aromatic rings. The van der Waals surface area contributed by atoms with Gasteiger partial charge in [0.2, 0.25) is 0 Å². The van der Waals surface area contributed by atoms with Crippen LogP contribution in [0.25, 0.3) is 0 Å². The number of methoxy groups -OCH3 is 1. The van der Waals surface area contributed by atoms with E-state index in [2.05, 4.69) is 10.1 Å². The second kappa shape index (κ2) is 7.22. The Bertz CT molecular complexity index is 490. The smallest absolute Gasteiger partial charge is 0.337 e. The van der Waals surface area contributed by atoms with Crippen LogP contribution in [0.3, 0.4) is 0 Å². The molecular formula is C16H21NO4. The maximum atomic E-state index is 11.3. The third kappa shape index (κ3) is 4.29. The Kier molecular flexibility index (Phi) is 5.33. The Hall–Kier alpha value is -1.88. The first-order chi connectivity index (χ1) is 10.1. The van der Waals surface area contributed by atoms with Crippen LogP contribution in [-0.2, 0) is 16.1 Å². The molecule has 0 atom stereocenters. The van der Waals surface area contributed by atoms with E-state index in [9.17, 15) is 9.59 Å². The maximum absolute atomic E-state index is 11.3. The van der Waals surface area contributed by atoms with Gasteiger partial charge in [-0.2, -0.15) is 0 Å². The highest BCUT2D eigenvalue weighted by Crippen LogP contribution is 2.24. The number of nitrogens with one attached hydrogen (secondary N) is 1. The van der Waals surface area contributed by atoms with E-state index >= 15 is 0 Å². The first-order valence-corrected chi connectivity index (χ1v) is 7.23. The summed E-state index contributed by atoms with van der Waals surface area (Å²) in [5.41, 5.74) is 1.64. The minimum atomic E-state index is -0.674. The van der Waals surface area contributed by atoms with Crippen molar-refractivity contribution in [3.63, 3.8) is 0 Å². The molecule has 0 saturated heterocycles. The number of carboxylic acid groups (broad SMARTS) is 1. The second-order valence-electron chi connectivity index (χ2n) is 5.46. The molecule has 1 aliphatic carbocycles. The molecule has 114 valence electrons. The highest BCUT2D eigenvalue weighted by atomic mass is 16.5. The molecule has 5 nitrogen and oxygen atoms in total. The highest BCUT2D eigenvalue weighted by Gasteiger charge is 2.25. The van der Waals surface area contributed by atoms with Gasteiger partial charge in [0.05, 0.1) is 18.6 Å². The van der Waals surface area contributed by atoms with Gasteiger partial charge in [-0.25, -0.2) is 4.79 Å². The van der Waals surface area contributed by atoms with Crippen LogP contribution in [0.4, 0.5) is 0 Å². The third-order valence-corrected chi connectivity index (χ3v) is 4.05. The molecule has 1 fully saturated rings. The van der Waals surface area contributed by atoms with E-state index < -0.39 is 5.97 Å². The second-order valence-corrected chi connectivity index (χ2v) is 5.46. The first kappa shape index (κ1) is 15.5. The molecule has 1 saturated carbocycles. The number of hydrogen-bond donors (Lipinski definition) is 2. The Balaban J connectivity index is 1.79. The number of carbonyl (C=O) groups is 2. The lowest BCUT2D eigenvalue weighted by molar-refractivity contribution is -0.142. The van der Waals surface area contributed by atoms with Crippen molar-refractivity contribution in [2.24, 2.45) is 5.92 Å². The SMILES string of the molecule is COC(=O)c1ccc(CNC2CCC(C(=O)O)CC2)cc1. The molecule has 0 bridgehead atoms. The molecule has 21 heavy (non-hydrogen) atoms. The zero-order chi connectivity index (χ0) is 15.2. The molecule has 1 aromatic carbocycles. The number of aliphatic carboxylic acids is 1. The van der Waals surface area contributed by atoms with Gasteiger partial charge in [0.15, 0.2) is 0 Å². The zero-order valence-electron chi connectivity index (χ0n) is 12.2. The number of ether oxygens (including phenoxy) is 1. The summed E-state index contributed by atoms with van der Waals surface area (Å²) >= 11 is 0. The van der Waals surface area contributed by atoms with Gasteiger partial charge in [-0.1, -0.05) is 12.1 Å². The van der Waals surface area contributed by atoms with Gasteiger partial charge >= 0.3 is 11.9 Å². The van der Waals surface area contributed by atoms with Gasteiger partial charge in [-0.15, -0.1) is 0 Å². The van der Waals surface area contributed by atoms with Crippen LogP contribution in [0.1, 0.15) is 41.6 Å².